The number of halogens is 1. The Bertz CT molecular complexity index is 620. The first-order chi connectivity index (χ1) is 9.74. The summed E-state index contributed by atoms with van der Waals surface area (Å²) in [5, 5.41) is 11.8. The van der Waals surface area contributed by atoms with Crippen LogP contribution >= 0.6 is 0 Å². The molecule has 0 unspecified atom stereocenters. The van der Waals surface area contributed by atoms with Crippen LogP contribution in [0.4, 0.5) is 10.1 Å². The van der Waals surface area contributed by atoms with Gasteiger partial charge in [-0.25, -0.2) is 9.37 Å². The van der Waals surface area contributed by atoms with Gasteiger partial charge in [0.25, 0.3) is 0 Å². The first-order valence-electron chi connectivity index (χ1n) is 6.24. The summed E-state index contributed by atoms with van der Waals surface area (Å²) in [6.45, 7) is 2.74. The van der Waals surface area contributed by atoms with Gasteiger partial charge in [0, 0.05) is 18.2 Å². The lowest BCUT2D eigenvalue weighted by Crippen LogP contribution is -2.03. The Kier molecular flexibility index (Phi) is 4.51. The predicted octanol–water partition coefficient (Wildman–Crippen LogP) is 3.10. The van der Waals surface area contributed by atoms with Gasteiger partial charge >= 0.3 is 0 Å². The van der Waals surface area contributed by atoms with Gasteiger partial charge in [-0.3, -0.25) is 0 Å². The van der Waals surface area contributed by atoms with Crippen molar-refractivity contribution in [3.05, 3.63) is 53.5 Å². The van der Waals surface area contributed by atoms with Crippen LogP contribution in [0.25, 0.3) is 0 Å². The van der Waals surface area contributed by atoms with E-state index in [2.05, 4.69) is 10.3 Å². The van der Waals surface area contributed by atoms with Crippen LogP contribution in [0.15, 0.2) is 36.5 Å². The van der Waals surface area contributed by atoms with E-state index in [0.717, 1.165) is 5.69 Å². The fourth-order valence-electron chi connectivity index (χ4n) is 1.72. The summed E-state index contributed by atoms with van der Waals surface area (Å²) < 4.78 is 19.1. The summed E-state index contributed by atoms with van der Waals surface area (Å²) in [7, 11) is 0. The summed E-state index contributed by atoms with van der Waals surface area (Å²) in [6, 6.07) is 10.1. The molecule has 5 heteroatoms. The van der Waals surface area contributed by atoms with Crippen molar-refractivity contribution in [3.8, 4) is 11.9 Å². The minimum absolute atomic E-state index is 0.0501. The normalized spacial score (nSPS) is 9.85. The van der Waals surface area contributed by atoms with Crippen molar-refractivity contribution in [1.82, 2.24) is 4.98 Å². The Hall–Kier alpha value is -2.61. The van der Waals surface area contributed by atoms with Crippen LogP contribution < -0.4 is 10.1 Å². The molecule has 0 aliphatic heterocycles. The van der Waals surface area contributed by atoms with Crippen molar-refractivity contribution in [1.29, 1.82) is 5.26 Å². The third-order valence-corrected chi connectivity index (χ3v) is 2.71. The van der Waals surface area contributed by atoms with Gasteiger partial charge in [-0.1, -0.05) is 12.1 Å². The number of pyridine rings is 1. The smallest absolute Gasteiger partial charge is 0.213 e. The Labute approximate surface area is 116 Å². The average Bonchev–Trinajstić information content (AvgIpc) is 2.48. The molecule has 0 amide bonds. The zero-order chi connectivity index (χ0) is 14.4. The molecule has 1 aromatic heterocycles. The van der Waals surface area contributed by atoms with Gasteiger partial charge in [-0.2, -0.15) is 5.26 Å². The van der Waals surface area contributed by atoms with E-state index in [1.165, 1.54) is 6.07 Å². The van der Waals surface area contributed by atoms with Crippen molar-refractivity contribution in [3.63, 3.8) is 0 Å². The molecule has 0 aliphatic carbocycles. The Balaban J connectivity index is 2.04. The second-order valence-electron chi connectivity index (χ2n) is 4.06. The molecule has 4 nitrogen and oxygen atoms in total. The molecule has 0 aliphatic rings. The summed E-state index contributed by atoms with van der Waals surface area (Å²) in [6.07, 6.45) is 1.62. The number of aromatic nitrogens is 1. The number of hydrogen-bond donors (Lipinski definition) is 1. The lowest BCUT2D eigenvalue weighted by molar-refractivity contribution is 0.327. The first kappa shape index (κ1) is 13.8. The van der Waals surface area contributed by atoms with Crippen molar-refractivity contribution in [2.45, 2.75) is 13.5 Å². The minimum Gasteiger partial charge on any atom is -0.478 e. The zero-order valence-electron chi connectivity index (χ0n) is 11.1. The van der Waals surface area contributed by atoms with Crippen molar-refractivity contribution >= 4 is 5.69 Å². The fourth-order valence-corrected chi connectivity index (χ4v) is 1.72. The molecule has 2 rings (SSSR count). The van der Waals surface area contributed by atoms with E-state index in [1.807, 2.05) is 19.1 Å². The highest BCUT2D eigenvalue weighted by atomic mass is 19.1. The predicted molar refractivity (Wildman–Crippen MR) is 73.8 cm³/mol. The zero-order valence-corrected chi connectivity index (χ0v) is 11.1. The monoisotopic (exact) mass is 271 g/mol. The Morgan fingerprint density at radius 2 is 2.20 bits per heavy atom. The highest BCUT2D eigenvalue weighted by Gasteiger charge is 2.07. The topological polar surface area (TPSA) is 57.9 Å². The summed E-state index contributed by atoms with van der Waals surface area (Å²) in [5.74, 6) is 0.0668. The number of benzene rings is 1. The fraction of sp³-hybridized carbons (Fsp3) is 0.200. The second-order valence-corrected chi connectivity index (χ2v) is 4.06. The van der Waals surface area contributed by atoms with Crippen LogP contribution in [0, 0.1) is 17.1 Å². The molecule has 0 saturated carbocycles. The molecule has 0 saturated heterocycles. The molecule has 1 N–H and O–H groups in total. The molecule has 0 spiro atoms. The molecule has 2 aromatic rings. The number of nitrogens with zero attached hydrogens (tertiary/aromatic N) is 2. The first-order valence-corrected chi connectivity index (χ1v) is 6.24. The van der Waals surface area contributed by atoms with Gasteiger partial charge < -0.3 is 10.1 Å². The quantitative estimate of drug-likeness (QED) is 0.907. The number of nitrogens with one attached hydrogen (secondary N) is 1. The third kappa shape index (κ3) is 3.23. The van der Waals surface area contributed by atoms with E-state index in [0.29, 0.717) is 18.1 Å². The molecule has 0 radical (unpaired) electrons. The van der Waals surface area contributed by atoms with Gasteiger partial charge in [0.05, 0.1) is 24.1 Å². The SMILES string of the molecule is CCOc1ccc(NCc2cccc(C#N)c2F)cn1. The molecule has 20 heavy (non-hydrogen) atoms. The summed E-state index contributed by atoms with van der Waals surface area (Å²) in [5.41, 5.74) is 1.25. The maximum Gasteiger partial charge on any atom is 0.213 e. The molecule has 1 heterocycles. The molecular weight excluding hydrogens is 257 g/mol. The van der Waals surface area contributed by atoms with Gasteiger partial charge in [0.2, 0.25) is 5.88 Å². The number of rotatable bonds is 5. The van der Waals surface area contributed by atoms with E-state index < -0.39 is 5.82 Å². The van der Waals surface area contributed by atoms with E-state index in [-0.39, 0.29) is 12.1 Å². The van der Waals surface area contributed by atoms with Crippen molar-refractivity contribution in [2.75, 3.05) is 11.9 Å². The Morgan fingerprint density at radius 1 is 1.35 bits per heavy atom. The number of hydrogen-bond acceptors (Lipinski definition) is 4. The molecule has 0 bridgehead atoms. The van der Waals surface area contributed by atoms with E-state index in [9.17, 15) is 4.39 Å². The molecule has 0 fully saturated rings. The maximum atomic E-state index is 13.8. The van der Waals surface area contributed by atoms with Crippen molar-refractivity contribution in [2.24, 2.45) is 0 Å². The number of ether oxygens (including phenoxy) is 1. The highest BCUT2D eigenvalue weighted by molar-refractivity contribution is 5.44. The van der Waals surface area contributed by atoms with Crippen LogP contribution in [-0.4, -0.2) is 11.6 Å². The van der Waals surface area contributed by atoms with Crippen LogP contribution in [0.3, 0.4) is 0 Å². The molecule has 0 atom stereocenters. The third-order valence-electron chi connectivity index (χ3n) is 2.71. The number of nitriles is 1. The van der Waals surface area contributed by atoms with Gasteiger partial charge in [-0.05, 0) is 19.1 Å². The van der Waals surface area contributed by atoms with E-state index in [1.54, 1.807) is 24.4 Å². The largest absolute Gasteiger partial charge is 0.478 e. The summed E-state index contributed by atoms with van der Waals surface area (Å²) >= 11 is 0. The lowest BCUT2D eigenvalue weighted by Gasteiger charge is -2.08. The molecule has 102 valence electrons. The Morgan fingerprint density at radius 3 is 2.85 bits per heavy atom. The van der Waals surface area contributed by atoms with Gasteiger partial charge in [0.1, 0.15) is 11.9 Å². The average molecular weight is 271 g/mol. The van der Waals surface area contributed by atoms with E-state index in [4.69, 9.17) is 10.00 Å². The standard InChI is InChI=1S/C15H14FN3O/c1-2-20-14-7-6-13(10-19-14)18-9-12-5-3-4-11(8-17)15(12)16/h3-7,10,18H,2,9H2,1H3. The van der Waals surface area contributed by atoms with E-state index >= 15 is 0 Å². The van der Waals surface area contributed by atoms with Crippen LogP contribution in [0.5, 0.6) is 5.88 Å². The molecule has 1 aromatic carbocycles. The van der Waals surface area contributed by atoms with Crippen LogP contribution in [0.1, 0.15) is 18.1 Å². The van der Waals surface area contributed by atoms with Crippen molar-refractivity contribution < 1.29 is 9.13 Å². The van der Waals surface area contributed by atoms with Gasteiger partial charge in [0.15, 0.2) is 0 Å². The number of anilines is 1. The highest BCUT2D eigenvalue weighted by Crippen LogP contribution is 2.16. The lowest BCUT2D eigenvalue weighted by atomic mass is 10.1. The summed E-state index contributed by atoms with van der Waals surface area (Å²) in [4.78, 5) is 4.11. The van der Waals surface area contributed by atoms with Gasteiger partial charge in [-0.15, -0.1) is 0 Å². The van der Waals surface area contributed by atoms with Crippen LogP contribution in [0.2, 0.25) is 0 Å². The van der Waals surface area contributed by atoms with Crippen LogP contribution in [-0.2, 0) is 6.54 Å². The molecular formula is C15H14FN3O. The minimum atomic E-state index is -0.485. The maximum absolute atomic E-state index is 13.8. The second kappa shape index (κ2) is 6.53.